The number of nitrogens with zero attached hydrogens (tertiary/aromatic N) is 3. The van der Waals surface area contributed by atoms with Crippen LogP contribution >= 0.6 is 0 Å². The van der Waals surface area contributed by atoms with Crippen molar-refractivity contribution in [1.29, 1.82) is 0 Å². The Kier molecular flexibility index (Phi) is 4.38. The van der Waals surface area contributed by atoms with Crippen LogP contribution in [0, 0.1) is 6.92 Å². The highest BCUT2D eigenvalue weighted by atomic mass is 16.5. The molecule has 0 bridgehead atoms. The Morgan fingerprint density at radius 2 is 2.13 bits per heavy atom. The standard InChI is InChI=1S/C16H20N4O3/c1-11-7-13(20-23-11)14(21)17-8-12-9-18-15(19-10-12)16(2)5-3-4-6-22-16/h7,9-10H,3-6,8H2,1-2H3,(H,17,21)/t16-/m1/s1. The number of aromatic nitrogens is 3. The summed E-state index contributed by atoms with van der Waals surface area (Å²) in [5.41, 5.74) is 0.683. The Labute approximate surface area is 134 Å². The Morgan fingerprint density at radius 3 is 2.74 bits per heavy atom. The third kappa shape index (κ3) is 3.56. The Balaban J connectivity index is 1.60. The van der Waals surface area contributed by atoms with Gasteiger partial charge in [-0.2, -0.15) is 0 Å². The van der Waals surface area contributed by atoms with Gasteiger partial charge in [0, 0.05) is 37.2 Å². The van der Waals surface area contributed by atoms with Gasteiger partial charge in [-0.15, -0.1) is 0 Å². The van der Waals surface area contributed by atoms with Crippen LogP contribution in [0.3, 0.4) is 0 Å². The third-order valence-corrected chi connectivity index (χ3v) is 3.96. The highest BCUT2D eigenvalue weighted by Crippen LogP contribution is 2.32. The van der Waals surface area contributed by atoms with Gasteiger partial charge in [0.1, 0.15) is 11.4 Å². The van der Waals surface area contributed by atoms with Crippen LogP contribution in [0.4, 0.5) is 0 Å². The van der Waals surface area contributed by atoms with Gasteiger partial charge in [0.05, 0.1) is 0 Å². The summed E-state index contributed by atoms with van der Waals surface area (Å²) >= 11 is 0. The van der Waals surface area contributed by atoms with Gasteiger partial charge in [-0.3, -0.25) is 4.79 Å². The Hall–Kier alpha value is -2.28. The average Bonchev–Trinajstić information content (AvgIpc) is 3.00. The number of rotatable bonds is 4. The van der Waals surface area contributed by atoms with E-state index in [9.17, 15) is 4.79 Å². The van der Waals surface area contributed by atoms with Gasteiger partial charge in [0.25, 0.3) is 5.91 Å². The molecule has 0 spiro atoms. The number of hydrogen-bond donors (Lipinski definition) is 1. The van der Waals surface area contributed by atoms with Crippen molar-refractivity contribution in [2.24, 2.45) is 0 Å². The van der Waals surface area contributed by atoms with E-state index in [4.69, 9.17) is 9.26 Å². The number of aryl methyl sites for hydroxylation is 1. The van der Waals surface area contributed by atoms with Gasteiger partial charge in [0.2, 0.25) is 0 Å². The number of carbonyl (C=O) groups is 1. The van der Waals surface area contributed by atoms with Gasteiger partial charge in [-0.25, -0.2) is 9.97 Å². The summed E-state index contributed by atoms with van der Waals surface area (Å²) in [7, 11) is 0. The fourth-order valence-corrected chi connectivity index (χ4v) is 2.58. The van der Waals surface area contributed by atoms with E-state index in [-0.39, 0.29) is 11.6 Å². The molecule has 0 radical (unpaired) electrons. The summed E-state index contributed by atoms with van der Waals surface area (Å²) in [5, 5.41) is 6.44. The van der Waals surface area contributed by atoms with E-state index >= 15 is 0 Å². The highest BCUT2D eigenvalue weighted by molar-refractivity contribution is 5.92. The lowest BCUT2D eigenvalue weighted by molar-refractivity contribution is -0.0760. The minimum Gasteiger partial charge on any atom is -0.367 e. The lowest BCUT2D eigenvalue weighted by Gasteiger charge is -2.32. The summed E-state index contributed by atoms with van der Waals surface area (Å²) in [6.07, 6.45) is 6.57. The molecule has 1 saturated heterocycles. The first-order valence-corrected chi connectivity index (χ1v) is 7.74. The number of amides is 1. The van der Waals surface area contributed by atoms with Crippen LogP contribution in [0.2, 0.25) is 0 Å². The van der Waals surface area contributed by atoms with Crippen molar-refractivity contribution in [3.8, 4) is 0 Å². The second-order valence-electron chi connectivity index (χ2n) is 5.96. The van der Waals surface area contributed by atoms with Crippen LogP contribution in [0.5, 0.6) is 0 Å². The molecule has 0 aliphatic carbocycles. The zero-order chi connectivity index (χ0) is 16.3. The van der Waals surface area contributed by atoms with Gasteiger partial charge >= 0.3 is 0 Å². The fourth-order valence-electron chi connectivity index (χ4n) is 2.58. The van der Waals surface area contributed by atoms with Crippen molar-refractivity contribution in [2.75, 3.05) is 6.61 Å². The van der Waals surface area contributed by atoms with Crippen LogP contribution in [0.25, 0.3) is 0 Å². The van der Waals surface area contributed by atoms with E-state index in [0.29, 0.717) is 18.1 Å². The molecule has 1 fully saturated rings. The van der Waals surface area contributed by atoms with E-state index in [2.05, 4.69) is 20.4 Å². The first kappa shape index (κ1) is 15.6. The van der Waals surface area contributed by atoms with E-state index in [1.165, 1.54) is 0 Å². The molecule has 122 valence electrons. The number of carbonyl (C=O) groups excluding carboxylic acids is 1. The number of ether oxygens (including phenoxy) is 1. The zero-order valence-corrected chi connectivity index (χ0v) is 13.3. The molecule has 3 rings (SSSR count). The molecule has 1 aliphatic rings. The van der Waals surface area contributed by atoms with Crippen LogP contribution in [0.15, 0.2) is 23.0 Å². The first-order chi connectivity index (χ1) is 11.1. The summed E-state index contributed by atoms with van der Waals surface area (Å²) < 4.78 is 10.7. The molecule has 1 amide bonds. The van der Waals surface area contributed by atoms with E-state index in [0.717, 1.165) is 31.4 Å². The van der Waals surface area contributed by atoms with E-state index in [1.807, 2.05) is 6.92 Å². The van der Waals surface area contributed by atoms with Crippen molar-refractivity contribution in [3.05, 3.63) is 41.3 Å². The molecule has 0 saturated carbocycles. The molecule has 23 heavy (non-hydrogen) atoms. The van der Waals surface area contributed by atoms with Crippen LogP contribution < -0.4 is 5.32 Å². The maximum absolute atomic E-state index is 11.9. The summed E-state index contributed by atoms with van der Waals surface area (Å²) in [4.78, 5) is 20.7. The minimum atomic E-state index is -0.404. The Morgan fingerprint density at radius 1 is 1.35 bits per heavy atom. The molecule has 1 atom stereocenters. The van der Waals surface area contributed by atoms with Gasteiger partial charge in [0.15, 0.2) is 11.5 Å². The molecule has 1 N–H and O–H groups in total. The second kappa shape index (κ2) is 6.45. The number of nitrogens with one attached hydrogen (secondary N) is 1. The summed E-state index contributed by atoms with van der Waals surface area (Å²) in [6.45, 7) is 4.84. The first-order valence-electron chi connectivity index (χ1n) is 7.74. The van der Waals surface area contributed by atoms with Crippen LogP contribution in [0.1, 0.15) is 53.8 Å². The SMILES string of the molecule is Cc1cc(C(=O)NCc2cnc([C@@]3(C)CCCCO3)nc2)no1. The van der Waals surface area contributed by atoms with E-state index < -0.39 is 5.60 Å². The van der Waals surface area contributed by atoms with Gasteiger partial charge in [-0.1, -0.05) is 5.16 Å². The molecular formula is C16H20N4O3. The van der Waals surface area contributed by atoms with Gasteiger partial charge < -0.3 is 14.6 Å². The quantitative estimate of drug-likeness (QED) is 0.929. The molecule has 0 unspecified atom stereocenters. The Bertz CT molecular complexity index is 675. The third-order valence-electron chi connectivity index (χ3n) is 3.96. The molecule has 3 heterocycles. The van der Waals surface area contributed by atoms with Crippen molar-refractivity contribution in [3.63, 3.8) is 0 Å². The topological polar surface area (TPSA) is 90.1 Å². The van der Waals surface area contributed by atoms with Gasteiger partial charge in [-0.05, 0) is 33.1 Å². The smallest absolute Gasteiger partial charge is 0.273 e. The average molecular weight is 316 g/mol. The molecule has 1 aliphatic heterocycles. The van der Waals surface area contributed by atoms with E-state index in [1.54, 1.807) is 25.4 Å². The van der Waals surface area contributed by atoms with Crippen LogP contribution in [-0.4, -0.2) is 27.6 Å². The lowest BCUT2D eigenvalue weighted by atomic mass is 9.95. The monoisotopic (exact) mass is 316 g/mol. The molecule has 7 nitrogen and oxygen atoms in total. The minimum absolute atomic E-state index is 0.267. The molecule has 0 aromatic carbocycles. The summed E-state index contributed by atoms with van der Waals surface area (Å²) in [5.74, 6) is 1.01. The molecule has 7 heteroatoms. The van der Waals surface area contributed by atoms with Crippen molar-refractivity contribution in [2.45, 2.75) is 45.3 Å². The molecule has 2 aromatic rings. The van der Waals surface area contributed by atoms with Crippen LogP contribution in [-0.2, 0) is 16.9 Å². The largest absolute Gasteiger partial charge is 0.367 e. The zero-order valence-electron chi connectivity index (χ0n) is 13.3. The predicted molar refractivity (Wildman–Crippen MR) is 81.6 cm³/mol. The number of hydrogen-bond acceptors (Lipinski definition) is 6. The maximum atomic E-state index is 11.9. The normalized spacial score (nSPS) is 21.1. The lowest BCUT2D eigenvalue weighted by Crippen LogP contribution is -2.32. The summed E-state index contributed by atoms with van der Waals surface area (Å²) in [6, 6.07) is 1.59. The molecular weight excluding hydrogens is 296 g/mol. The predicted octanol–water partition coefficient (Wildman–Crippen LogP) is 2.12. The van der Waals surface area contributed by atoms with Crippen molar-refractivity contribution >= 4 is 5.91 Å². The molecule has 2 aromatic heterocycles. The second-order valence-corrected chi connectivity index (χ2v) is 5.96. The van der Waals surface area contributed by atoms with Crippen molar-refractivity contribution < 1.29 is 14.1 Å². The maximum Gasteiger partial charge on any atom is 0.273 e. The highest BCUT2D eigenvalue weighted by Gasteiger charge is 2.32. The fraction of sp³-hybridized carbons (Fsp3) is 0.500. The van der Waals surface area contributed by atoms with Crippen molar-refractivity contribution in [1.82, 2.24) is 20.4 Å².